The summed E-state index contributed by atoms with van der Waals surface area (Å²) in [5.41, 5.74) is 0.910. The Morgan fingerprint density at radius 2 is 2.09 bits per heavy atom. The van der Waals surface area contributed by atoms with Crippen molar-refractivity contribution in [3.63, 3.8) is 0 Å². The molecule has 0 spiro atoms. The van der Waals surface area contributed by atoms with Crippen LogP contribution in [0.25, 0.3) is 15.9 Å². The van der Waals surface area contributed by atoms with Crippen molar-refractivity contribution in [1.29, 1.82) is 0 Å². The van der Waals surface area contributed by atoms with Crippen molar-refractivity contribution in [2.24, 2.45) is 0 Å². The molecule has 0 radical (unpaired) electrons. The van der Waals surface area contributed by atoms with E-state index in [1.807, 2.05) is 55.3 Å². The number of aromatic nitrogens is 2. The molecule has 23 heavy (non-hydrogen) atoms. The average molecular weight is 328 g/mol. The van der Waals surface area contributed by atoms with Gasteiger partial charge in [0.25, 0.3) is 5.91 Å². The number of rotatable bonds is 6. The SMILES string of the molecule is CN(C)CCCNC(=O)c1sc2ncccc2c1-n1cccc1. The Hall–Kier alpha value is -2.18. The minimum Gasteiger partial charge on any atom is -0.351 e. The number of pyridine rings is 1. The van der Waals surface area contributed by atoms with Crippen LogP contribution in [-0.4, -0.2) is 47.5 Å². The fraction of sp³-hybridized carbons (Fsp3) is 0.294. The third kappa shape index (κ3) is 3.43. The second-order valence-corrected chi connectivity index (χ2v) is 6.64. The van der Waals surface area contributed by atoms with Gasteiger partial charge in [0.05, 0.1) is 5.69 Å². The molecule has 120 valence electrons. The fourth-order valence-corrected chi connectivity index (χ4v) is 3.55. The predicted octanol–water partition coefficient (Wildman–Crippen LogP) is 2.77. The van der Waals surface area contributed by atoms with Crippen LogP contribution in [0.2, 0.25) is 0 Å². The Balaban J connectivity index is 1.88. The minimum absolute atomic E-state index is 0.0320. The molecule has 0 aliphatic carbocycles. The van der Waals surface area contributed by atoms with Gasteiger partial charge in [-0.3, -0.25) is 4.79 Å². The van der Waals surface area contributed by atoms with Gasteiger partial charge in [-0.25, -0.2) is 4.98 Å². The number of fused-ring (bicyclic) bond motifs is 1. The van der Waals surface area contributed by atoms with Crippen molar-refractivity contribution in [3.8, 4) is 5.69 Å². The lowest BCUT2D eigenvalue weighted by Gasteiger charge is -2.10. The minimum atomic E-state index is -0.0320. The van der Waals surface area contributed by atoms with Gasteiger partial charge in [0.1, 0.15) is 9.71 Å². The van der Waals surface area contributed by atoms with Crippen LogP contribution in [0.15, 0.2) is 42.9 Å². The van der Waals surface area contributed by atoms with Crippen LogP contribution in [0, 0.1) is 0 Å². The predicted molar refractivity (Wildman–Crippen MR) is 94.5 cm³/mol. The molecule has 0 atom stereocenters. The number of nitrogens with one attached hydrogen (secondary N) is 1. The molecule has 3 aromatic rings. The molecule has 3 aromatic heterocycles. The number of amides is 1. The van der Waals surface area contributed by atoms with Gasteiger partial charge >= 0.3 is 0 Å². The van der Waals surface area contributed by atoms with E-state index in [1.54, 1.807) is 6.20 Å². The zero-order valence-corrected chi connectivity index (χ0v) is 14.1. The van der Waals surface area contributed by atoms with E-state index in [9.17, 15) is 4.79 Å². The van der Waals surface area contributed by atoms with Crippen molar-refractivity contribution >= 4 is 27.5 Å². The van der Waals surface area contributed by atoms with Crippen LogP contribution >= 0.6 is 11.3 Å². The van der Waals surface area contributed by atoms with Crippen LogP contribution < -0.4 is 5.32 Å². The topological polar surface area (TPSA) is 50.2 Å². The smallest absolute Gasteiger partial charge is 0.263 e. The third-order valence-corrected chi connectivity index (χ3v) is 4.68. The van der Waals surface area contributed by atoms with Crippen LogP contribution in [0.5, 0.6) is 0 Å². The van der Waals surface area contributed by atoms with Crippen LogP contribution in [0.3, 0.4) is 0 Å². The molecule has 0 aromatic carbocycles. The maximum absolute atomic E-state index is 12.6. The maximum Gasteiger partial charge on any atom is 0.263 e. The highest BCUT2D eigenvalue weighted by Gasteiger charge is 2.19. The molecular weight excluding hydrogens is 308 g/mol. The zero-order chi connectivity index (χ0) is 16.2. The quantitative estimate of drug-likeness (QED) is 0.708. The first-order valence-electron chi connectivity index (χ1n) is 7.60. The summed E-state index contributed by atoms with van der Waals surface area (Å²) in [4.78, 5) is 20.7. The van der Waals surface area contributed by atoms with Crippen molar-refractivity contribution < 1.29 is 4.79 Å². The fourth-order valence-electron chi connectivity index (χ4n) is 2.49. The maximum atomic E-state index is 12.6. The normalized spacial score (nSPS) is 11.3. The number of hydrogen-bond donors (Lipinski definition) is 1. The Morgan fingerprint density at radius 1 is 1.30 bits per heavy atom. The van der Waals surface area contributed by atoms with Gasteiger partial charge in [-0.05, 0) is 51.3 Å². The van der Waals surface area contributed by atoms with E-state index in [4.69, 9.17) is 0 Å². The molecule has 0 unspecified atom stereocenters. The van der Waals surface area contributed by atoms with E-state index in [2.05, 4.69) is 15.2 Å². The van der Waals surface area contributed by atoms with E-state index < -0.39 is 0 Å². The average Bonchev–Trinajstić information content (AvgIpc) is 3.17. The lowest BCUT2D eigenvalue weighted by molar-refractivity contribution is 0.0956. The van der Waals surface area contributed by atoms with E-state index in [0.717, 1.165) is 28.9 Å². The van der Waals surface area contributed by atoms with Gasteiger partial charge in [0.2, 0.25) is 0 Å². The number of hydrogen-bond acceptors (Lipinski definition) is 4. The molecule has 0 aliphatic heterocycles. The third-order valence-electron chi connectivity index (χ3n) is 3.58. The molecule has 0 aliphatic rings. The summed E-state index contributed by atoms with van der Waals surface area (Å²) in [6.07, 6.45) is 6.60. The zero-order valence-electron chi connectivity index (χ0n) is 13.3. The number of carbonyl (C=O) groups excluding carboxylic acids is 1. The molecule has 0 bridgehead atoms. The molecule has 3 heterocycles. The standard InChI is InChI=1S/C17H20N4OS/c1-20(2)10-6-9-18-16(22)15-14(21-11-3-4-12-21)13-7-5-8-19-17(13)23-15/h3-5,7-8,11-12H,6,9-10H2,1-2H3,(H,18,22). The van der Waals surface area contributed by atoms with E-state index in [-0.39, 0.29) is 5.91 Å². The first-order chi connectivity index (χ1) is 11.2. The van der Waals surface area contributed by atoms with Crippen LogP contribution in [-0.2, 0) is 0 Å². The van der Waals surface area contributed by atoms with Crippen molar-refractivity contribution in [1.82, 2.24) is 19.8 Å². The first kappa shape index (κ1) is 15.7. The van der Waals surface area contributed by atoms with Crippen molar-refractivity contribution in [2.45, 2.75) is 6.42 Å². The first-order valence-corrected chi connectivity index (χ1v) is 8.42. The summed E-state index contributed by atoms with van der Waals surface area (Å²) in [5.74, 6) is -0.0320. The van der Waals surface area contributed by atoms with Crippen LogP contribution in [0.4, 0.5) is 0 Å². The Morgan fingerprint density at radius 3 is 2.83 bits per heavy atom. The van der Waals surface area contributed by atoms with Gasteiger partial charge in [-0.2, -0.15) is 0 Å². The Bertz CT molecular complexity index is 792. The second-order valence-electron chi connectivity index (χ2n) is 5.64. The number of thiophene rings is 1. The van der Waals surface area contributed by atoms with E-state index >= 15 is 0 Å². The van der Waals surface area contributed by atoms with Gasteiger partial charge in [-0.15, -0.1) is 11.3 Å². The summed E-state index contributed by atoms with van der Waals surface area (Å²) >= 11 is 1.44. The van der Waals surface area contributed by atoms with Gasteiger partial charge < -0.3 is 14.8 Å². The molecular formula is C17H20N4OS. The summed E-state index contributed by atoms with van der Waals surface area (Å²) < 4.78 is 1.98. The van der Waals surface area contributed by atoms with Crippen molar-refractivity contribution in [2.75, 3.05) is 27.2 Å². The monoisotopic (exact) mass is 328 g/mol. The number of carbonyl (C=O) groups is 1. The van der Waals surface area contributed by atoms with E-state index in [1.165, 1.54) is 11.3 Å². The molecule has 6 heteroatoms. The molecule has 3 rings (SSSR count). The summed E-state index contributed by atoms with van der Waals surface area (Å²) in [6.45, 7) is 1.63. The Kier molecular flexibility index (Phi) is 4.73. The number of nitrogens with zero attached hydrogens (tertiary/aromatic N) is 3. The molecule has 1 amide bonds. The largest absolute Gasteiger partial charge is 0.351 e. The summed E-state index contributed by atoms with van der Waals surface area (Å²) in [5, 5.41) is 4.03. The lowest BCUT2D eigenvalue weighted by Crippen LogP contribution is -2.27. The lowest BCUT2D eigenvalue weighted by atomic mass is 10.2. The van der Waals surface area contributed by atoms with E-state index in [0.29, 0.717) is 11.4 Å². The van der Waals surface area contributed by atoms with Gasteiger partial charge in [0.15, 0.2) is 0 Å². The van der Waals surface area contributed by atoms with Gasteiger partial charge in [0, 0.05) is 30.5 Å². The molecule has 1 N–H and O–H groups in total. The molecule has 0 fully saturated rings. The van der Waals surface area contributed by atoms with Gasteiger partial charge in [-0.1, -0.05) is 0 Å². The summed E-state index contributed by atoms with van der Waals surface area (Å²) in [7, 11) is 4.06. The van der Waals surface area contributed by atoms with Crippen molar-refractivity contribution in [3.05, 3.63) is 47.7 Å². The second kappa shape index (κ2) is 6.93. The highest BCUT2D eigenvalue weighted by Crippen LogP contribution is 2.32. The molecule has 5 nitrogen and oxygen atoms in total. The highest BCUT2D eigenvalue weighted by molar-refractivity contribution is 7.21. The molecule has 0 saturated heterocycles. The Labute approximate surface area is 139 Å². The highest BCUT2D eigenvalue weighted by atomic mass is 32.1. The summed E-state index contributed by atoms with van der Waals surface area (Å²) in [6, 6.07) is 7.83. The molecule has 0 saturated carbocycles. The van der Waals surface area contributed by atoms with Crippen LogP contribution in [0.1, 0.15) is 16.1 Å².